The van der Waals surface area contributed by atoms with E-state index in [2.05, 4.69) is 73.9 Å². The summed E-state index contributed by atoms with van der Waals surface area (Å²) in [5.74, 6) is 1.57. The first-order valence-electron chi connectivity index (χ1n) is 11.4. The van der Waals surface area contributed by atoms with Crippen molar-refractivity contribution >= 4 is 5.71 Å². The maximum absolute atomic E-state index is 5.70. The SMILES string of the molecule is CC1CC(C)(c2ccc3c(c2)C(c2ccccc2)=N[C@@H](C)c2c(-c4ccco4)ncn2-3)C1. The van der Waals surface area contributed by atoms with Gasteiger partial charge in [0.2, 0.25) is 0 Å². The number of benzene rings is 2. The number of furan rings is 1. The Labute approximate surface area is 188 Å². The summed E-state index contributed by atoms with van der Waals surface area (Å²) in [5, 5.41) is 0. The van der Waals surface area contributed by atoms with Gasteiger partial charge in [-0.2, -0.15) is 0 Å². The van der Waals surface area contributed by atoms with Crippen LogP contribution in [0.4, 0.5) is 0 Å². The minimum absolute atomic E-state index is 0.0667. The Balaban J connectivity index is 1.59. The second-order valence-electron chi connectivity index (χ2n) is 9.65. The molecular formula is C28H27N3O. The molecule has 0 radical (unpaired) electrons. The molecule has 0 amide bonds. The lowest BCUT2D eigenvalue weighted by atomic mass is 9.60. The molecule has 0 bridgehead atoms. The number of fused-ring (bicyclic) bond motifs is 3. The molecule has 0 spiro atoms. The van der Waals surface area contributed by atoms with E-state index < -0.39 is 0 Å². The first-order chi connectivity index (χ1) is 15.5. The molecule has 1 aliphatic heterocycles. The van der Waals surface area contributed by atoms with Crippen LogP contribution >= 0.6 is 0 Å². The summed E-state index contributed by atoms with van der Waals surface area (Å²) < 4.78 is 7.91. The highest BCUT2D eigenvalue weighted by atomic mass is 16.3. The molecule has 4 nitrogen and oxygen atoms in total. The lowest BCUT2D eigenvalue weighted by molar-refractivity contribution is 0.178. The van der Waals surface area contributed by atoms with Gasteiger partial charge in [-0.1, -0.05) is 50.2 Å². The number of imidazole rings is 1. The monoisotopic (exact) mass is 421 g/mol. The van der Waals surface area contributed by atoms with Gasteiger partial charge in [-0.3, -0.25) is 9.56 Å². The summed E-state index contributed by atoms with van der Waals surface area (Å²) in [5.41, 5.74) is 8.04. The molecule has 3 heterocycles. The Bertz CT molecular complexity index is 1310. The highest BCUT2D eigenvalue weighted by Crippen LogP contribution is 2.48. The van der Waals surface area contributed by atoms with Crippen molar-refractivity contribution in [1.82, 2.24) is 9.55 Å². The van der Waals surface area contributed by atoms with Crippen LogP contribution in [0.3, 0.4) is 0 Å². The van der Waals surface area contributed by atoms with E-state index in [1.807, 2.05) is 18.5 Å². The molecule has 1 aliphatic carbocycles. The highest BCUT2D eigenvalue weighted by Gasteiger charge is 2.39. The van der Waals surface area contributed by atoms with Gasteiger partial charge < -0.3 is 4.42 Å². The van der Waals surface area contributed by atoms with Crippen molar-refractivity contribution in [3.8, 4) is 17.1 Å². The molecule has 2 aromatic heterocycles. The average Bonchev–Trinajstić information content (AvgIpc) is 3.44. The van der Waals surface area contributed by atoms with Crippen molar-refractivity contribution < 1.29 is 4.42 Å². The van der Waals surface area contributed by atoms with Crippen molar-refractivity contribution in [3.05, 3.63) is 95.6 Å². The van der Waals surface area contributed by atoms with Gasteiger partial charge in [0.15, 0.2) is 5.76 Å². The minimum atomic E-state index is -0.0667. The van der Waals surface area contributed by atoms with Gasteiger partial charge in [0, 0.05) is 11.1 Å². The quantitative estimate of drug-likeness (QED) is 0.368. The Morgan fingerprint density at radius 1 is 1.00 bits per heavy atom. The van der Waals surface area contributed by atoms with Crippen LogP contribution in [0.15, 0.2) is 82.7 Å². The topological polar surface area (TPSA) is 43.3 Å². The number of nitrogens with zero attached hydrogens (tertiary/aromatic N) is 3. The van der Waals surface area contributed by atoms with Gasteiger partial charge >= 0.3 is 0 Å². The Morgan fingerprint density at radius 3 is 2.53 bits per heavy atom. The normalized spacial score (nSPS) is 24.2. The summed E-state index contributed by atoms with van der Waals surface area (Å²) >= 11 is 0. The summed E-state index contributed by atoms with van der Waals surface area (Å²) in [4.78, 5) is 10.0. The predicted molar refractivity (Wildman–Crippen MR) is 128 cm³/mol. The summed E-state index contributed by atoms with van der Waals surface area (Å²) in [6.45, 7) is 6.88. The molecule has 0 unspecified atom stereocenters. The van der Waals surface area contributed by atoms with Gasteiger partial charge in [0.25, 0.3) is 0 Å². The minimum Gasteiger partial charge on any atom is -0.463 e. The first kappa shape index (κ1) is 19.3. The highest BCUT2D eigenvalue weighted by molar-refractivity contribution is 6.15. The molecular weight excluding hydrogens is 394 g/mol. The molecule has 0 N–H and O–H groups in total. The van der Waals surface area contributed by atoms with Crippen LogP contribution in [-0.4, -0.2) is 15.3 Å². The third-order valence-electron chi connectivity index (χ3n) is 7.13. The second-order valence-corrected chi connectivity index (χ2v) is 9.65. The van der Waals surface area contributed by atoms with Gasteiger partial charge in [-0.25, -0.2) is 4.98 Å². The molecule has 2 aliphatic rings. The van der Waals surface area contributed by atoms with E-state index in [9.17, 15) is 0 Å². The number of rotatable bonds is 3. The van der Waals surface area contributed by atoms with Crippen LogP contribution in [-0.2, 0) is 5.41 Å². The van der Waals surface area contributed by atoms with Crippen LogP contribution in [0.2, 0.25) is 0 Å². The third-order valence-corrected chi connectivity index (χ3v) is 7.13. The van der Waals surface area contributed by atoms with Gasteiger partial charge in [0.05, 0.1) is 29.4 Å². The molecule has 6 rings (SSSR count). The molecule has 2 aromatic carbocycles. The van der Waals surface area contributed by atoms with E-state index in [0.29, 0.717) is 0 Å². The zero-order chi connectivity index (χ0) is 21.9. The van der Waals surface area contributed by atoms with E-state index in [1.54, 1.807) is 6.26 Å². The van der Waals surface area contributed by atoms with Gasteiger partial charge in [0.1, 0.15) is 12.0 Å². The van der Waals surface area contributed by atoms with Crippen LogP contribution < -0.4 is 0 Å². The van der Waals surface area contributed by atoms with E-state index >= 15 is 0 Å². The molecule has 1 atom stereocenters. The van der Waals surface area contributed by atoms with Crippen molar-refractivity contribution in [2.75, 3.05) is 0 Å². The molecule has 1 saturated carbocycles. The number of hydrogen-bond acceptors (Lipinski definition) is 3. The van der Waals surface area contributed by atoms with E-state index in [4.69, 9.17) is 14.4 Å². The average molecular weight is 422 g/mol. The largest absolute Gasteiger partial charge is 0.463 e. The first-order valence-corrected chi connectivity index (χ1v) is 11.4. The summed E-state index contributed by atoms with van der Waals surface area (Å²) in [6, 6.07) is 21.3. The number of aromatic nitrogens is 2. The maximum atomic E-state index is 5.70. The molecule has 4 aromatic rings. The number of hydrogen-bond donors (Lipinski definition) is 0. The zero-order valence-corrected chi connectivity index (χ0v) is 18.7. The predicted octanol–water partition coefficient (Wildman–Crippen LogP) is 6.73. The Kier molecular flexibility index (Phi) is 4.26. The van der Waals surface area contributed by atoms with Crippen LogP contribution in [0.25, 0.3) is 17.1 Å². The van der Waals surface area contributed by atoms with Crippen molar-refractivity contribution in [1.29, 1.82) is 0 Å². The number of aliphatic imine (C=N–C) groups is 1. The van der Waals surface area contributed by atoms with Gasteiger partial charge in [-0.15, -0.1) is 0 Å². The van der Waals surface area contributed by atoms with E-state index in [-0.39, 0.29) is 11.5 Å². The third kappa shape index (κ3) is 2.89. The van der Waals surface area contributed by atoms with E-state index in [1.165, 1.54) is 24.0 Å². The van der Waals surface area contributed by atoms with Crippen molar-refractivity contribution in [2.45, 2.75) is 45.1 Å². The van der Waals surface area contributed by atoms with Gasteiger partial charge in [-0.05, 0) is 60.9 Å². The Hall–Kier alpha value is -3.40. The molecule has 4 heteroatoms. The second kappa shape index (κ2) is 7.06. The maximum Gasteiger partial charge on any atom is 0.154 e. The smallest absolute Gasteiger partial charge is 0.154 e. The van der Waals surface area contributed by atoms with Crippen LogP contribution in [0, 0.1) is 5.92 Å². The fourth-order valence-electron chi connectivity index (χ4n) is 5.73. The zero-order valence-electron chi connectivity index (χ0n) is 18.7. The fraction of sp³-hybridized carbons (Fsp3) is 0.286. The Morgan fingerprint density at radius 2 is 1.81 bits per heavy atom. The lowest BCUT2D eigenvalue weighted by Gasteiger charge is -2.44. The summed E-state index contributed by atoms with van der Waals surface area (Å²) in [6.07, 6.45) is 6.08. The fourth-order valence-corrected chi connectivity index (χ4v) is 5.73. The molecule has 0 saturated heterocycles. The lowest BCUT2D eigenvalue weighted by Crippen LogP contribution is -2.37. The molecule has 1 fully saturated rings. The van der Waals surface area contributed by atoms with Crippen molar-refractivity contribution in [3.63, 3.8) is 0 Å². The van der Waals surface area contributed by atoms with Crippen molar-refractivity contribution in [2.24, 2.45) is 10.9 Å². The van der Waals surface area contributed by atoms with E-state index in [0.717, 1.165) is 40.0 Å². The standard InChI is InChI=1S/C28H27N3O/c1-18-15-28(3,16-18)21-11-12-23-22(14-21)25(20-8-5-4-6-9-20)30-19(2)27-26(29-17-31(23)27)24-10-7-13-32-24/h4-14,17-19H,15-16H2,1-3H3/t18?,19-,28?/m0/s1. The van der Waals surface area contributed by atoms with Crippen LogP contribution in [0.1, 0.15) is 62.0 Å². The summed E-state index contributed by atoms with van der Waals surface area (Å²) in [7, 11) is 0. The molecule has 160 valence electrons. The molecule has 32 heavy (non-hydrogen) atoms. The van der Waals surface area contributed by atoms with Crippen LogP contribution in [0.5, 0.6) is 0 Å².